The molecular formula is C16H15ClFNO. The van der Waals surface area contributed by atoms with Gasteiger partial charge in [0.1, 0.15) is 5.82 Å². The average Bonchev–Trinajstić information content (AvgIpc) is 2.48. The van der Waals surface area contributed by atoms with Gasteiger partial charge in [0.05, 0.1) is 6.10 Å². The third kappa shape index (κ3) is 2.43. The highest BCUT2D eigenvalue weighted by atomic mass is 35.5. The monoisotopic (exact) mass is 291 g/mol. The Morgan fingerprint density at radius 1 is 1.35 bits per heavy atom. The summed E-state index contributed by atoms with van der Waals surface area (Å²) in [5.41, 5.74) is 2.27. The lowest BCUT2D eigenvalue weighted by atomic mass is 9.81. The first-order valence-electron chi connectivity index (χ1n) is 6.73. The van der Waals surface area contributed by atoms with E-state index in [2.05, 4.69) is 4.98 Å². The summed E-state index contributed by atoms with van der Waals surface area (Å²) in [5, 5.41) is 11.0. The largest absolute Gasteiger partial charge is 0.388 e. The number of aliphatic hydroxyl groups is 1. The summed E-state index contributed by atoms with van der Waals surface area (Å²) < 4.78 is 13.9. The minimum Gasteiger partial charge on any atom is -0.388 e. The van der Waals surface area contributed by atoms with Crippen molar-refractivity contribution in [3.05, 3.63) is 64.2 Å². The predicted molar refractivity (Wildman–Crippen MR) is 76.3 cm³/mol. The van der Waals surface area contributed by atoms with Crippen LogP contribution in [0.2, 0.25) is 5.02 Å². The first kappa shape index (κ1) is 13.5. The molecule has 3 rings (SSSR count). The molecule has 20 heavy (non-hydrogen) atoms. The molecule has 1 N–H and O–H groups in total. The second kappa shape index (κ2) is 5.51. The fourth-order valence-electron chi connectivity index (χ4n) is 2.91. The van der Waals surface area contributed by atoms with Gasteiger partial charge in [0.25, 0.3) is 0 Å². The van der Waals surface area contributed by atoms with Gasteiger partial charge in [0.2, 0.25) is 0 Å². The lowest BCUT2D eigenvalue weighted by molar-refractivity contribution is 0.130. The van der Waals surface area contributed by atoms with E-state index < -0.39 is 11.9 Å². The van der Waals surface area contributed by atoms with Crippen LogP contribution in [0, 0.1) is 5.82 Å². The zero-order valence-electron chi connectivity index (χ0n) is 10.9. The maximum Gasteiger partial charge on any atom is 0.129 e. The van der Waals surface area contributed by atoms with Crippen LogP contribution in [0.25, 0.3) is 0 Å². The Morgan fingerprint density at radius 3 is 3.05 bits per heavy atom. The van der Waals surface area contributed by atoms with Crippen molar-refractivity contribution in [2.75, 3.05) is 0 Å². The number of fused-ring (bicyclic) bond motifs is 1. The number of pyridine rings is 1. The molecule has 0 radical (unpaired) electrons. The normalized spacial score (nSPS) is 19.4. The molecule has 2 aromatic rings. The molecule has 1 aliphatic carbocycles. The van der Waals surface area contributed by atoms with Gasteiger partial charge in [-0.1, -0.05) is 17.7 Å². The van der Waals surface area contributed by atoms with E-state index >= 15 is 0 Å². The second-order valence-corrected chi connectivity index (χ2v) is 5.59. The molecule has 104 valence electrons. The molecule has 1 aromatic carbocycles. The molecule has 0 amide bonds. The number of rotatable bonds is 2. The van der Waals surface area contributed by atoms with E-state index in [-0.39, 0.29) is 11.5 Å². The van der Waals surface area contributed by atoms with Crippen molar-refractivity contribution in [1.29, 1.82) is 0 Å². The van der Waals surface area contributed by atoms with E-state index in [1.807, 2.05) is 12.1 Å². The molecular weight excluding hydrogens is 277 g/mol. The van der Waals surface area contributed by atoms with Crippen LogP contribution in [0.3, 0.4) is 0 Å². The lowest BCUT2D eigenvalue weighted by Gasteiger charge is -2.28. The molecule has 0 saturated carbocycles. The molecule has 0 spiro atoms. The fourth-order valence-corrected chi connectivity index (χ4v) is 3.09. The summed E-state index contributed by atoms with van der Waals surface area (Å²) in [4.78, 5) is 4.38. The molecule has 2 nitrogen and oxygen atoms in total. The molecule has 0 fully saturated rings. The summed E-state index contributed by atoms with van der Waals surface area (Å²) in [6.07, 6.45) is 3.55. The Bertz CT molecular complexity index is 632. The van der Waals surface area contributed by atoms with Gasteiger partial charge in [-0.05, 0) is 49.1 Å². The Balaban J connectivity index is 1.99. The van der Waals surface area contributed by atoms with Crippen LogP contribution in [-0.4, -0.2) is 10.1 Å². The molecule has 1 aliphatic rings. The minimum absolute atomic E-state index is 0.173. The van der Waals surface area contributed by atoms with Crippen LogP contribution in [0.1, 0.15) is 41.7 Å². The standard InChI is InChI=1S/C16H15ClFNO/c17-11-6-7-14(18)13(9-11)16(20)12-5-1-3-10-4-2-8-19-15(10)12/h2,4,6-9,12,16,20H,1,3,5H2. The predicted octanol–water partition coefficient (Wildman–Crippen LogP) is 4.03. The van der Waals surface area contributed by atoms with E-state index in [1.54, 1.807) is 6.20 Å². The highest BCUT2D eigenvalue weighted by Gasteiger charge is 2.30. The maximum absolute atomic E-state index is 13.9. The first-order valence-corrected chi connectivity index (χ1v) is 7.11. The van der Waals surface area contributed by atoms with Crippen molar-refractivity contribution in [2.24, 2.45) is 0 Å². The summed E-state index contributed by atoms with van der Waals surface area (Å²) >= 11 is 5.91. The van der Waals surface area contributed by atoms with E-state index in [1.165, 1.54) is 18.2 Å². The van der Waals surface area contributed by atoms with Gasteiger partial charge >= 0.3 is 0 Å². The van der Waals surface area contributed by atoms with E-state index in [9.17, 15) is 9.50 Å². The van der Waals surface area contributed by atoms with Gasteiger partial charge in [-0.25, -0.2) is 4.39 Å². The number of hydrogen-bond donors (Lipinski definition) is 1. The first-order chi connectivity index (χ1) is 9.66. The van der Waals surface area contributed by atoms with Crippen molar-refractivity contribution in [1.82, 2.24) is 4.98 Å². The van der Waals surface area contributed by atoms with E-state index in [0.29, 0.717) is 5.02 Å². The minimum atomic E-state index is -0.914. The molecule has 0 bridgehead atoms. The highest BCUT2D eigenvalue weighted by molar-refractivity contribution is 6.30. The quantitative estimate of drug-likeness (QED) is 0.906. The Labute approximate surface area is 122 Å². The number of halogens is 2. The summed E-state index contributed by atoms with van der Waals surface area (Å²) in [5.74, 6) is -0.599. The summed E-state index contributed by atoms with van der Waals surface area (Å²) in [6, 6.07) is 8.20. The summed E-state index contributed by atoms with van der Waals surface area (Å²) in [6.45, 7) is 0. The zero-order valence-corrected chi connectivity index (χ0v) is 11.6. The summed E-state index contributed by atoms with van der Waals surface area (Å²) in [7, 11) is 0. The van der Waals surface area contributed by atoms with Crippen LogP contribution in [0.4, 0.5) is 4.39 Å². The topological polar surface area (TPSA) is 33.1 Å². The molecule has 1 heterocycles. The van der Waals surface area contributed by atoms with Crippen LogP contribution >= 0.6 is 11.6 Å². The number of benzene rings is 1. The van der Waals surface area contributed by atoms with E-state index in [0.717, 1.165) is 30.5 Å². The molecule has 2 unspecified atom stereocenters. The lowest BCUT2D eigenvalue weighted by Crippen LogP contribution is -2.19. The van der Waals surface area contributed by atoms with Crippen molar-refractivity contribution in [2.45, 2.75) is 31.3 Å². The third-order valence-corrected chi connectivity index (χ3v) is 4.13. The van der Waals surface area contributed by atoms with Gasteiger partial charge in [-0.2, -0.15) is 0 Å². The van der Waals surface area contributed by atoms with Crippen LogP contribution < -0.4 is 0 Å². The van der Waals surface area contributed by atoms with Crippen LogP contribution in [0.5, 0.6) is 0 Å². The van der Waals surface area contributed by atoms with Crippen LogP contribution in [-0.2, 0) is 6.42 Å². The Morgan fingerprint density at radius 2 is 2.20 bits per heavy atom. The number of aryl methyl sites for hydroxylation is 1. The van der Waals surface area contributed by atoms with Crippen molar-refractivity contribution in [3.63, 3.8) is 0 Å². The number of nitrogens with zero attached hydrogens (tertiary/aromatic N) is 1. The van der Waals surface area contributed by atoms with Crippen molar-refractivity contribution < 1.29 is 9.50 Å². The molecule has 1 aromatic heterocycles. The van der Waals surface area contributed by atoms with Crippen LogP contribution in [0.15, 0.2) is 36.5 Å². The smallest absolute Gasteiger partial charge is 0.129 e. The molecule has 2 atom stereocenters. The van der Waals surface area contributed by atoms with E-state index in [4.69, 9.17) is 11.6 Å². The third-order valence-electron chi connectivity index (χ3n) is 3.90. The maximum atomic E-state index is 13.9. The van der Waals surface area contributed by atoms with Gasteiger partial charge < -0.3 is 5.11 Å². The van der Waals surface area contributed by atoms with Crippen molar-refractivity contribution in [3.8, 4) is 0 Å². The van der Waals surface area contributed by atoms with Gasteiger partial charge in [0.15, 0.2) is 0 Å². The number of aliphatic hydroxyl groups excluding tert-OH is 1. The zero-order chi connectivity index (χ0) is 14.1. The molecule has 0 aliphatic heterocycles. The van der Waals surface area contributed by atoms with Gasteiger partial charge in [-0.15, -0.1) is 0 Å². The van der Waals surface area contributed by atoms with Crippen molar-refractivity contribution >= 4 is 11.6 Å². The van der Waals surface area contributed by atoms with Gasteiger partial charge in [-0.3, -0.25) is 4.98 Å². The average molecular weight is 292 g/mol. The molecule has 0 saturated heterocycles. The number of aromatic nitrogens is 1. The Hall–Kier alpha value is -1.45. The number of hydrogen-bond acceptors (Lipinski definition) is 2. The molecule has 4 heteroatoms. The van der Waals surface area contributed by atoms with Gasteiger partial charge in [0, 0.05) is 28.4 Å². The fraction of sp³-hybridized carbons (Fsp3) is 0.312. The second-order valence-electron chi connectivity index (χ2n) is 5.16. The SMILES string of the molecule is OC(c1cc(Cl)ccc1F)C1CCCc2cccnc21. The Kier molecular flexibility index (Phi) is 3.72. The highest BCUT2D eigenvalue weighted by Crippen LogP contribution is 2.40.